The van der Waals surface area contributed by atoms with Crippen LogP contribution in [0.4, 0.5) is 0 Å². The Bertz CT molecular complexity index is 711. The fourth-order valence-electron chi connectivity index (χ4n) is 3.46. The minimum atomic E-state index is -2.39. The van der Waals surface area contributed by atoms with Crippen LogP contribution >= 0.6 is 44.3 Å². The lowest BCUT2D eigenvalue weighted by molar-refractivity contribution is 0.848. The van der Waals surface area contributed by atoms with E-state index < -0.39 is 13.4 Å². The first-order valence-corrected chi connectivity index (χ1v) is 18.0. The van der Waals surface area contributed by atoms with Crippen molar-refractivity contribution in [2.45, 2.75) is 51.2 Å². The topological polar surface area (TPSA) is 0 Å². The van der Waals surface area contributed by atoms with Gasteiger partial charge < -0.3 is 0 Å². The van der Waals surface area contributed by atoms with E-state index in [1.165, 1.54) is 16.7 Å². The molecule has 1 atom stereocenters. The molecule has 2 aromatic rings. The van der Waals surface area contributed by atoms with Crippen molar-refractivity contribution in [3.63, 3.8) is 0 Å². The lowest BCUT2D eigenvalue weighted by Crippen LogP contribution is -2.36. The lowest BCUT2D eigenvalue weighted by Gasteiger charge is -2.23. The molecular weight excluding hydrogens is 438 g/mol. The monoisotopic (exact) mass is 462 g/mol. The van der Waals surface area contributed by atoms with Crippen LogP contribution in [-0.2, 0) is 12.8 Å². The Hall–Kier alpha value is 0.0338. The largest absolute Gasteiger partial charge is 0.278 e. The van der Waals surface area contributed by atoms with Gasteiger partial charge in [0.1, 0.15) is 0 Å². The van der Waals surface area contributed by atoms with Crippen LogP contribution in [0.5, 0.6) is 0 Å². The Morgan fingerprint density at radius 3 is 2.15 bits per heavy atom. The third-order valence-corrected chi connectivity index (χ3v) is 11.7. The highest BCUT2D eigenvalue weighted by Crippen LogP contribution is 2.35. The zero-order valence-electron chi connectivity index (χ0n) is 15.5. The summed E-state index contributed by atoms with van der Waals surface area (Å²) in [6.07, 6.45) is 1.81. The number of rotatable bonds is 8. The molecule has 2 rings (SSSR count). The number of hydrogen-bond donors (Lipinski definition) is 0. The molecule has 0 aromatic heterocycles. The van der Waals surface area contributed by atoms with Gasteiger partial charge in [0.15, 0.2) is 0 Å². The quantitative estimate of drug-likeness (QED) is 0.285. The highest BCUT2D eigenvalue weighted by Gasteiger charge is 2.32. The van der Waals surface area contributed by atoms with Crippen molar-refractivity contribution in [3.05, 3.63) is 65.2 Å². The summed E-state index contributed by atoms with van der Waals surface area (Å²) in [5, 5.41) is 1.12. The van der Waals surface area contributed by atoms with E-state index in [4.69, 9.17) is 44.3 Å². The van der Waals surface area contributed by atoms with Crippen LogP contribution < -0.4 is 5.19 Å². The molecule has 1 unspecified atom stereocenters. The minimum absolute atomic E-state index is 0.372. The molecule has 0 spiro atoms. The minimum Gasteiger partial charge on any atom is -0.146 e. The van der Waals surface area contributed by atoms with Crippen LogP contribution in [0.25, 0.3) is 0 Å². The summed E-state index contributed by atoms with van der Waals surface area (Å²) in [6.45, 7) is 1.59. The zero-order valence-corrected chi connectivity index (χ0v) is 20.6. The summed E-state index contributed by atoms with van der Waals surface area (Å²) in [4.78, 5) is 0. The van der Waals surface area contributed by atoms with E-state index in [-0.39, 0.29) is 0 Å². The first-order chi connectivity index (χ1) is 12.1. The van der Waals surface area contributed by atoms with Crippen LogP contribution in [-0.4, -0.2) is 13.4 Å². The molecule has 0 aliphatic heterocycles. The van der Waals surface area contributed by atoms with Gasteiger partial charge in [0.25, 0.3) is 13.4 Å². The third-order valence-electron chi connectivity index (χ3n) is 4.83. The molecule has 6 heteroatoms. The van der Waals surface area contributed by atoms with Crippen LogP contribution in [0.2, 0.25) is 18.6 Å². The molecule has 0 bridgehead atoms. The highest BCUT2D eigenvalue weighted by molar-refractivity contribution is 7.50. The molecule has 0 nitrogen and oxygen atoms in total. The maximum atomic E-state index is 6.82. The summed E-state index contributed by atoms with van der Waals surface area (Å²) in [5.74, 6) is 0.372. The van der Waals surface area contributed by atoms with E-state index in [1.807, 2.05) is 12.6 Å². The summed E-state index contributed by atoms with van der Waals surface area (Å²) >= 11 is 26.6. The van der Waals surface area contributed by atoms with Crippen LogP contribution in [0.3, 0.4) is 0 Å². The molecule has 0 N–H and O–H groups in total. The normalized spacial score (nSPS) is 13.7. The van der Waals surface area contributed by atoms with Crippen LogP contribution in [0.1, 0.15) is 36.5 Å². The van der Waals surface area contributed by atoms with Gasteiger partial charge in [0.2, 0.25) is 0 Å². The molecule has 2 aromatic carbocycles. The number of halogens is 4. The molecule has 0 saturated carbocycles. The van der Waals surface area contributed by atoms with Crippen molar-refractivity contribution < 1.29 is 0 Å². The Labute approximate surface area is 178 Å². The van der Waals surface area contributed by atoms with E-state index in [2.05, 4.69) is 56.3 Å². The van der Waals surface area contributed by atoms with Gasteiger partial charge in [-0.15, -0.1) is 44.3 Å². The SMILES string of the molecule is CCc1c(CC[Si](Cl)(Cl)CC(C)c2ccccc2)cccc1[Si](C)(Cl)Cl. The summed E-state index contributed by atoms with van der Waals surface area (Å²) in [6, 6.07) is 18.4. The summed E-state index contributed by atoms with van der Waals surface area (Å²) in [7, 11) is 0. The summed E-state index contributed by atoms with van der Waals surface area (Å²) < 4.78 is 0. The van der Waals surface area contributed by atoms with Gasteiger partial charge in [-0.3, -0.25) is 0 Å². The third kappa shape index (κ3) is 6.29. The number of hydrogen-bond acceptors (Lipinski definition) is 0. The number of aryl methyl sites for hydroxylation is 1. The average molecular weight is 464 g/mol. The Balaban J connectivity index is 2.10. The molecule has 0 heterocycles. The smallest absolute Gasteiger partial charge is 0.146 e. The highest BCUT2D eigenvalue weighted by atomic mass is 35.7. The first-order valence-electron chi connectivity index (χ1n) is 9.06. The van der Waals surface area contributed by atoms with Crippen molar-refractivity contribution in [2.75, 3.05) is 0 Å². The van der Waals surface area contributed by atoms with Gasteiger partial charge in [-0.2, -0.15) is 0 Å². The molecule has 0 radical (unpaired) electrons. The molecule has 0 aliphatic rings. The molecule has 0 saturated heterocycles. The standard InChI is InChI=1S/C20H26Cl4Si2/c1-4-19-18(11-8-12-20(19)25(3,21)22)13-14-26(23,24)15-16(2)17-9-6-5-7-10-17/h5-12,16H,4,13-15H2,1-3H3. The maximum absolute atomic E-state index is 6.82. The molecule has 0 aliphatic carbocycles. The molecule has 142 valence electrons. The van der Waals surface area contributed by atoms with Crippen molar-refractivity contribution in [2.24, 2.45) is 0 Å². The predicted octanol–water partition coefficient (Wildman–Crippen LogP) is 7.27. The van der Waals surface area contributed by atoms with E-state index in [9.17, 15) is 0 Å². The van der Waals surface area contributed by atoms with Crippen LogP contribution in [0.15, 0.2) is 48.5 Å². The lowest BCUT2D eigenvalue weighted by atomic mass is 10.0. The van der Waals surface area contributed by atoms with Gasteiger partial charge in [-0.25, -0.2) is 0 Å². The van der Waals surface area contributed by atoms with Crippen molar-refractivity contribution in [3.8, 4) is 0 Å². The van der Waals surface area contributed by atoms with Gasteiger partial charge in [-0.1, -0.05) is 62.4 Å². The van der Waals surface area contributed by atoms with Gasteiger partial charge in [-0.05, 0) is 59.3 Å². The average Bonchev–Trinajstić information content (AvgIpc) is 2.59. The van der Waals surface area contributed by atoms with Crippen molar-refractivity contribution in [1.29, 1.82) is 0 Å². The molecule has 0 amide bonds. The van der Waals surface area contributed by atoms with Gasteiger partial charge >= 0.3 is 0 Å². The van der Waals surface area contributed by atoms with Crippen molar-refractivity contribution >= 4 is 62.9 Å². The Kier molecular flexibility index (Phi) is 8.15. The van der Waals surface area contributed by atoms with Gasteiger partial charge in [0, 0.05) is 0 Å². The van der Waals surface area contributed by atoms with E-state index in [0.717, 1.165) is 30.1 Å². The van der Waals surface area contributed by atoms with E-state index >= 15 is 0 Å². The fraction of sp³-hybridized carbons (Fsp3) is 0.400. The predicted molar refractivity (Wildman–Crippen MR) is 124 cm³/mol. The Morgan fingerprint density at radius 2 is 1.58 bits per heavy atom. The second-order valence-electron chi connectivity index (χ2n) is 7.06. The fourth-order valence-corrected chi connectivity index (χ4v) is 9.71. The summed E-state index contributed by atoms with van der Waals surface area (Å²) in [5.41, 5.74) is 3.87. The molecule has 26 heavy (non-hydrogen) atoms. The second kappa shape index (κ2) is 9.49. The zero-order chi connectivity index (χ0) is 19.4. The van der Waals surface area contributed by atoms with Crippen LogP contribution in [0, 0.1) is 0 Å². The molecule has 0 fully saturated rings. The Morgan fingerprint density at radius 1 is 0.923 bits per heavy atom. The van der Waals surface area contributed by atoms with Gasteiger partial charge in [0.05, 0.1) is 0 Å². The second-order valence-corrected chi connectivity index (χ2v) is 22.0. The number of benzene rings is 2. The molecular formula is C20H26Cl4Si2. The van der Waals surface area contributed by atoms with E-state index in [1.54, 1.807) is 0 Å². The maximum Gasteiger partial charge on any atom is 0.278 e. The first kappa shape index (κ1) is 22.3. The van der Waals surface area contributed by atoms with E-state index in [0.29, 0.717) is 5.92 Å². The van der Waals surface area contributed by atoms with Crippen molar-refractivity contribution in [1.82, 2.24) is 0 Å².